The Labute approximate surface area is 127 Å². The van der Waals surface area contributed by atoms with Crippen molar-refractivity contribution < 1.29 is 9.53 Å². The first-order chi connectivity index (χ1) is 10.7. The number of carbonyl (C=O) groups excluding carboxylic acids is 1. The Balaban J connectivity index is 1.91. The second-order valence-electron chi connectivity index (χ2n) is 4.74. The summed E-state index contributed by atoms with van der Waals surface area (Å²) in [6.45, 7) is 2.51. The van der Waals surface area contributed by atoms with E-state index in [0.717, 1.165) is 5.69 Å². The normalized spacial score (nSPS) is 14.6. The molecule has 1 fully saturated rings. The molecule has 114 valence electrons. The Hall–Kier alpha value is -2.74. The molecule has 1 aromatic heterocycles. The van der Waals surface area contributed by atoms with E-state index in [1.165, 1.54) is 0 Å². The minimum absolute atomic E-state index is 0.0603. The Bertz CT molecular complexity index is 658. The topological polar surface area (TPSA) is 106 Å². The molecule has 3 rings (SSSR count). The summed E-state index contributed by atoms with van der Waals surface area (Å²) in [6, 6.07) is 9.44. The Morgan fingerprint density at radius 3 is 2.55 bits per heavy atom. The molecule has 22 heavy (non-hydrogen) atoms. The van der Waals surface area contributed by atoms with Crippen molar-refractivity contribution in [2.75, 3.05) is 36.5 Å². The zero-order valence-corrected chi connectivity index (χ0v) is 11.9. The molecule has 8 nitrogen and oxygen atoms in total. The van der Waals surface area contributed by atoms with Crippen LogP contribution in [0.4, 0.5) is 17.6 Å². The van der Waals surface area contributed by atoms with Crippen LogP contribution in [0.2, 0.25) is 0 Å². The van der Waals surface area contributed by atoms with Crippen LogP contribution in [0.15, 0.2) is 30.3 Å². The molecule has 0 unspecified atom stereocenters. The fraction of sp³-hybridized carbons (Fsp3) is 0.286. The number of benzene rings is 1. The van der Waals surface area contributed by atoms with Crippen LogP contribution < -0.4 is 16.0 Å². The first-order valence-corrected chi connectivity index (χ1v) is 6.93. The number of amides is 1. The molecule has 1 aromatic carbocycles. The SMILES string of the molecule is NC(=O)c1nc(Nc2ccccc2)nc(N2CCOCC2)n1. The molecule has 1 aliphatic rings. The summed E-state index contributed by atoms with van der Waals surface area (Å²) in [5.41, 5.74) is 6.13. The maximum absolute atomic E-state index is 11.4. The summed E-state index contributed by atoms with van der Waals surface area (Å²) in [5, 5.41) is 3.05. The average molecular weight is 300 g/mol. The van der Waals surface area contributed by atoms with E-state index >= 15 is 0 Å². The molecule has 0 aliphatic carbocycles. The van der Waals surface area contributed by atoms with Crippen LogP contribution in [0, 0.1) is 0 Å². The molecule has 2 heterocycles. The molecule has 2 aromatic rings. The van der Waals surface area contributed by atoms with Crippen molar-refractivity contribution in [1.82, 2.24) is 15.0 Å². The van der Waals surface area contributed by atoms with Crippen molar-refractivity contribution in [1.29, 1.82) is 0 Å². The van der Waals surface area contributed by atoms with E-state index in [1.807, 2.05) is 35.2 Å². The number of primary amides is 1. The minimum atomic E-state index is -0.687. The van der Waals surface area contributed by atoms with E-state index in [4.69, 9.17) is 10.5 Å². The summed E-state index contributed by atoms with van der Waals surface area (Å²) >= 11 is 0. The van der Waals surface area contributed by atoms with Crippen molar-refractivity contribution >= 4 is 23.5 Å². The summed E-state index contributed by atoms with van der Waals surface area (Å²) in [7, 11) is 0. The number of anilines is 3. The fourth-order valence-corrected chi connectivity index (χ4v) is 2.09. The number of ether oxygens (including phenoxy) is 1. The number of hydrogen-bond acceptors (Lipinski definition) is 7. The zero-order valence-electron chi connectivity index (χ0n) is 11.9. The highest BCUT2D eigenvalue weighted by atomic mass is 16.5. The quantitative estimate of drug-likeness (QED) is 0.849. The minimum Gasteiger partial charge on any atom is -0.378 e. The number of para-hydroxylation sites is 1. The third kappa shape index (κ3) is 3.29. The van der Waals surface area contributed by atoms with Gasteiger partial charge in [-0.05, 0) is 12.1 Å². The van der Waals surface area contributed by atoms with E-state index < -0.39 is 5.91 Å². The lowest BCUT2D eigenvalue weighted by Crippen LogP contribution is -2.38. The molecule has 1 saturated heterocycles. The first kappa shape index (κ1) is 14.2. The van der Waals surface area contributed by atoms with Crippen molar-refractivity contribution in [3.63, 3.8) is 0 Å². The molecule has 0 spiro atoms. The van der Waals surface area contributed by atoms with Crippen LogP contribution in [0.5, 0.6) is 0 Å². The number of nitrogens with one attached hydrogen (secondary N) is 1. The van der Waals surface area contributed by atoms with Gasteiger partial charge in [-0.2, -0.15) is 15.0 Å². The number of aromatic nitrogens is 3. The molecule has 1 aliphatic heterocycles. The summed E-state index contributed by atoms with van der Waals surface area (Å²) < 4.78 is 5.30. The first-order valence-electron chi connectivity index (χ1n) is 6.93. The molecule has 0 radical (unpaired) electrons. The highest BCUT2D eigenvalue weighted by Crippen LogP contribution is 2.16. The van der Waals surface area contributed by atoms with Crippen LogP contribution >= 0.6 is 0 Å². The van der Waals surface area contributed by atoms with Crippen molar-refractivity contribution in [3.8, 4) is 0 Å². The molecule has 1 amide bonds. The molecule has 0 bridgehead atoms. The van der Waals surface area contributed by atoms with Gasteiger partial charge >= 0.3 is 0 Å². The van der Waals surface area contributed by atoms with Gasteiger partial charge in [-0.1, -0.05) is 18.2 Å². The molecule has 0 saturated carbocycles. The van der Waals surface area contributed by atoms with Crippen LogP contribution in [0.25, 0.3) is 0 Å². The molecular formula is C14H16N6O2. The number of morpholine rings is 1. The lowest BCUT2D eigenvalue weighted by atomic mass is 10.3. The van der Waals surface area contributed by atoms with Gasteiger partial charge < -0.3 is 20.7 Å². The largest absolute Gasteiger partial charge is 0.378 e. The van der Waals surface area contributed by atoms with E-state index in [2.05, 4.69) is 20.3 Å². The monoisotopic (exact) mass is 300 g/mol. The molecular weight excluding hydrogens is 284 g/mol. The number of nitrogens with two attached hydrogens (primary N) is 1. The van der Waals surface area contributed by atoms with Crippen molar-refractivity contribution in [2.24, 2.45) is 5.73 Å². The average Bonchev–Trinajstić information content (AvgIpc) is 2.56. The number of nitrogens with zero attached hydrogens (tertiary/aromatic N) is 4. The second-order valence-corrected chi connectivity index (χ2v) is 4.74. The number of carbonyl (C=O) groups is 1. The second kappa shape index (κ2) is 6.35. The maximum atomic E-state index is 11.4. The Morgan fingerprint density at radius 1 is 1.14 bits per heavy atom. The third-order valence-corrected chi connectivity index (χ3v) is 3.17. The number of hydrogen-bond donors (Lipinski definition) is 2. The van der Waals surface area contributed by atoms with E-state index in [-0.39, 0.29) is 11.8 Å². The molecule has 0 atom stereocenters. The van der Waals surface area contributed by atoms with E-state index in [9.17, 15) is 4.79 Å². The summed E-state index contributed by atoms with van der Waals surface area (Å²) in [6.07, 6.45) is 0. The van der Waals surface area contributed by atoms with Crippen LogP contribution in [0.1, 0.15) is 10.6 Å². The van der Waals surface area contributed by atoms with Crippen LogP contribution in [-0.2, 0) is 4.74 Å². The Morgan fingerprint density at radius 2 is 1.86 bits per heavy atom. The third-order valence-electron chi connectivity index (χ3n) is 3.17. The van der Waals surface area contributed by atoms with Gasteiger partial charge in [-0.15, -0.1) is 0 Å². The maximum Gasteiger partial charge on any atom is 0.286 e. The fourth-order valence-electron chi connectivity index (χ4n) is 2.09. The lowest BCUT2D eigenvalue weighted by Gasteiger charge is -2.26. The molecule has 3 N–H and O–H groups in total. The van der Waals surface area contributed by atoms with Gasteiger partial charge in [-0.3, -0.25) is 4.79 Å². The van der Waals surface area contributed by atoms with Gasteiger partial charge in [0.25, 0.3) is 5.91 Å². The van der Waals surface area contributed by atoms with Gasteiger partial charge in [0.15, 0.2) is 0 Å². The van der Waals surface area contributed by atoms with Crippen molar-refractivity contribution in [2.45, 2.75) is 0 Å². The van der Waals surface area contributed by atoms with Gasteiger partial charge in [0.1, 0.15) is 0 Å². The van der Waals surface area contributed by atoms with Gasteiger partial charge in [-0.25, -0.2) is 0 Å². The smallest absolute Gasteiger partial charge is 0.286 e. The predicted octanol–water partition coefficient (Wildman–Crippen LogP) is 0.551. The zero-order chi connectivity index (χ0) is 15.4. The predicted molar refractivity (Wildman–Crippen MR) is 81.1 cm³/mol. The summed E-state index contributed by atoms with van der Waals surface area (Å²) in [5.74, 6) is -0.0371. The highest BCUT2D eigenvalue weighted by molar-refractivity contribution is 5.89. The molecule has 8 heteroatoms. The van der Waals surface area contributed by atoms with Crippen LogP contribution in [0.3, 0.4) is 0 Å². The standard InChI is InChI=1S/C14H16N6O2/c15-11(21)12-17-13(16-10-4-2-1-3-5-10)19-14(18-12)20-6-8-22-9-7-20/h1-5H,6-9H2,(H2,15,21)(H,16,17,18,19). The van der Waals surface area contributed by atoms with E-state index in [0.29, 0.717) is 32.3 Å². The van der Waals surface area contributed by atoms with Crippen LogP contribution in [-0.4, -0.2) is 47.2 Å². The Kier molecular flexibility index (Phi) is 4.10. The van der Waals surface area contributed by atoms with Crippen molar-refractivity contribution in [3.05, 3.63) is 36.2 Å². The van der Waals surface area contributed by atoms with Gasteiger partial charge in [0, 0.05) is 18.8 Å². The van der Waals surface area contributed by atoms with Gasteiger partial charge in [0.05, 0.1) is 13.2 Å². The number of rotatable bonds is 4. The van der Waals surface area contributed by atoms with Gasteiger partial charge in [0.2, 0.25) is 17.7 Å². The highest BCUT2D eigenvalue weighted by Gasteiger charge is 2.18. The lowest BCUT2D eigenvalue weighted by molar-refractivity contribution is 0.0990. The summed E-state index contributed by atoms with van der Waals surface area (Å²) in [4.78, 5) is 25.9. The van der Waals surface area contributed by atoms with E-state index in [1.54, 1.807) is 0 Å².